The molecule has 1 unspecified atom stereocenters. The zero-order valence-corrected chi connectivity index (χ0v) is 9.28. The van der Waals surface area contributed by atoms with Crippen molar-refractivity contribution in [1.82, 2.24) is 5.32 Å². The fourth-order valence-electron chi connectivity index (χ4n) is 1.04. The molecule has 2 nitrogen and oxygen atoms in total. The average Bonchev–Trinajstić information content (AvgIpc) is 2.47. The molecule has 12 heavy (non-hydrogen) atoms. The number of hydrogen-bond acceptors (Lipinski definition) is 3. The van der Waals surface area contributed by atoms with E-state index in [2.05, 4.69) is 21.2 Å². The Morgan fingerprint density at radius 1 is 1.75 bits per heavy atom. The Balaban J connectivity index is 2.72. The van der Waals surface area contributed by atoms with E-state index in [1.807, 2.05) is 18.4 Å². The van der Waals surface area contributed by atoms with E-state index < -0.39 is 0 Å². The monoisotopic (exact) mass is 249 g/mol. The molecular formula is C8H12BrNOS. The van der Waals surface area contributed by atoms with Crippen LogP contribution in [-0.4, -0.2) is 18.3 Å². The maximum atomic E-state index is 9.08. The largest absolute Gasteiger partial charge is 0.394 e. The summed E-state index contributed by atoms with van der Waals surface area (Å²) in [5.41, 5.74) is 0. The third-order valence-electron chi connectivity index (χ3n) is 1.59. The highest BCUT2D eigenvalue weighted by molar-refractivity contribution is 9.10. The first-order chi connectivity index (χ1) is 5.79. The maximum absolute atomic E-state index is 9.08. The molecule has 0 aliphatic rings. The SMILES string of the molecule is CCNC(CO)c1sccc1Br. The van der Waals surface area contributed by atoms with E-state index in [1.165, 1.54) is 4.88 Å². The number of aliphatic hydroxyl groups excluding tert-OH is 1. The van der Waals surface area contributed by atoms with Crippen LogP contribution in [0.4, 0.5) is 0 Å². The van der Waals surface area contributed by atoms with E-state index in [-0.39, 0.29) is 12.6 Å². The molecule has 0 saturated heterocycles. The molecule has 0 saturated carbocycles. The number of likely N-dealkylation sites (N-methyl/N-ethyl adjacent to an activating group) is 1. The third-order valence-corrected chi connectivity index (χ3v) is 3.58. The van der Waals surface area contributed by atoms with Crippen LogP contribution in [0.5, 0.6) is 0 Å². The van der Waals surface area contributed by atoms with Crippen molar-refractivity contribution in [2.75, 3.05) is 13.2 Å². The van der Waals surface area contributed by atoms with Crippen molar-refractivity contribution < 1.29 is 5.11 Å². The average molecular weight is 250 g/mol. The highest BCUT2D eigenvalue weighted by Crippen LogP contribution is 2.28. The Morgan fingerprint density at radius 3 is 2.92 bits per heavy atom. The van der Waals surface area contributed by atoms with Crippen LogP contribution in [0.2, 0.25) is 0 Å². The Kier molecular flexibility index (Phi) is 4.21. The summed E-state index contributed by atoms with van der Waals surface area (Å²) < 4.78 is 1.08. The van der Waals surface area contributed by atoms with E-state index in [0.29, 0.717) is 0 Å². The second-order valence-corrected chi connectivity index (χ2v) is 4.23. The van der Waals surface area contributed by atoms with E-state index >= 15 is 0 Å². The highest BCUT2D eigenvalue weighted by atomic mass is 79.9. The predicted octanol–water partition coefficient (Wildman–Crippen LogP) is 2.15. The van der Waals surface area contributed by atoms with Gasteiger partial charge < -0.3 is 10.4 Å². The van der Waals surface area contributed by atoms with Crippen LogP contribution >= 0.6 is 27.3 Å². The van der Waals surface area contributed by atoms with Crippen LogP contribution < -0.4 is 5.32 Å². The summed E-state index contributed by atoms with van der Waals surface area (Å²) in [6.07, 6.45) is 0. The van der Waals surface area contributed by atoms with E-state index in [1.54, 1.807) is 11.3 Å². The predicted molar refractivity (Wildman–Crippen MR) is 55.5 cm³/mol. The van der Waals surface area contributed by atoms with Crippen molar-refractivity contribution in [3.8, 4) is 0 Å². The summed E-state index contributed by atoms with van der Waals surface area (Å²) in [6, 6.07) is 2.07. The third kappa shape index (κ3) is 2.29. The number of aliphatic hydroxyl groups is 1. The van der Waals surface area contributed by atoms with Gasteiger partial charge in [-0.2, -0.15) is 0 Å². The van der Waals surface area contributed by atoms with Gasteiger partial charge in [0.1, 0.15) is 0 Å². The second kappa shape index (κ2) is 4.97. The van der Waals surface area contributed by atoms with Crippen molar-refractivity contribution >= 4 is 27.3 Å². The van der Waals surface area contributed by atoms with Gasteiger partial charge in [-0.15, -0.1) is 11.3 Å². The zero-order valence-electron chi connectivity index (χ0n) is 6.88. The van der Waals surface area contributed by atoms with Gasteiger partial charge in [0.25, 0.3) is 0 Å². The minimum atomic E-state index is 0.0735. The smallest absolute Gasteiger partial charge is 0.0661 e. The zero-order chi connectivity index (χ0) is 8.97. The fraction of sp³-hybridized carbons (Fsp3) is 0.500. The number of halogens is 1. The van der Waals surface area contributed by atoms with Crippen LogP contribution in [0.15, 0.2) is 15.9 Å². The van der Waals surface area contributed by atoms with Crippen LogP contribution in [0.25, 0.3) is 0 Å². The first kappa shape index (κ1) is 10.2. The van der Waals surface area contributed by atoms with Gasteiger partial charge in [0, 0.05) is 9.35 Å². The molecule has 1 aromatic heterocycles. The highest BCUT2D eigenvalue weighted by Gasteiger charge is 2.12. The summed E-state index contributed by atoms with van der Waals surface area (Å²) in [4.78, 5) is 1.17. The van der Waals surface area contributed by atoms with Crippen molar-refractivity contribution in [1.29, 1.82) is 0 Å². The summed E-state index contributed by atoms with van der Waals surface area (Å²) >= 11 is 5.09. The first-order valence-corrected chi connectivity index (χ1v) is 5.54. The van der Waals surface area contributed by atoms with Gasteiger partial charge in [-0.25, -0.2) is 0 Å². The molecule has 1 atom stereocenters. The van der Waals surface area contributed by atoms with Gasteiger partial charge >= 0.3 is 0 Å². The Morgan fingerprint density at radius 2 is 2.50 bits per heavy atom. The van der Waals surface area contributed by atoms with Crippen molar-refractivity contribution in [3.63, 3.8) is 0 Å². The maximum Gasteiger partial charge on any atom is 0.0661 e. The van der Waals surface area contributed by atoms with Crippen LogP contribution in [0, 0.1) is 0 Å². The number of hydrogen-bond donors (Lipinski definition) is 2. The second-order valence-electron chi connectivity index (χ2n) is 2.43. The first-order valence-electron chi connectivity index (χ1n) is 3.86. The number of rotatable bonds is 4. The van der Waals surface area contributed by atoms with Crippen molar-refractivity contribution in [3.05, 3.63) is 20.8 Å². The molecule has 0 fully saturated rings. The summed E-state index contributed by atoms with van der Waals surface area (Å²) in [5.74, 6) is 0. The van der Waals surface area contributed by atoms with Gasteiger partial charge in [-0.05, 0) is 33.9 Å². The van der Waals surface area contributed by atoms with Crippen LogP contribution in [0.1, 0.15) is 17.8 Å². The molecule has 1 aromatic rings. The molecule has 0 radical (unpaired) electrons. The van der Waals surface area contributed by atoms with Crippen LogP contribution in [-0.2, 0) is 0 Å². The van der Waals surface area contributed by atoms with E-state index in [9.17, 15) is 0 Å². The summed E-state index contributed by atoms with van der Waals surface area (Å²) in [5, 5.41) is 14.3. The lowest BCUT2D eigenvalue weighted by Crippen LogP contribution is -2.23. The molecule has 0 amide bonds. The lowest BCUT2D eigenvalue weighted by Gasteiger charge is -2.13. The van der Waals surface area contributed by atoms with Gasteiger partial charge in [-0.3, -0.25) is 0 Å². The minimum absolute atomic E-state index is 0.0735. The van der Waals surface area contributed by atoms with Gasteiger partial charge in [0.15, 0.2) is 0 Å². The molecular weight excluding hydrogens is 238 g/mol. The van der Waals surface area contributed by atoms with Crippen molar-refractivity contribution in [2.45, 2.75) is 13.0 Å². The standard InChI is InChI=1S/C8H12BrNOS/c1-2-10-7(5-11)8-6(9)3-4-12-8/h3-4,7,10-11H,2,5H2,1H3. The van der Waals surface area contributed by atoms with Gasteiger partial charge in [-0.1, -0.05) is 6.92 Å². The Bertz CT molecular complexity index is 239. The number of thiophene rings is 1. The molecule has 4 heteroatoms. The molecule has 0 aliphatic carbocycles. The Hall–Kier alpha value is 0.100. The molecule has 0 aromatic carbocycles. The van der Waals surface area contributed by atoms with Gasteiger partial charge in [0.05, 0.1) is 12.6 Å². The van der Waals surface area contributed by atoms with E-state index in [0.717, 1.165) is 11.0 Å². The molecule has 0 bridgehead atoms. The van der Waals surface area contributed by atoms with Crippen LogP contribution in [0.3, 0.4) is 0 Å². The normalized spacial score (nSPS) is 13.2. The summed E-state index contributed by atoms with van der Waals surface area (Å²) in [7, 11) is 0. The molecule has 2 N–H and O–H groups in total. The minimum Gasteiger partial charge on any atom is -0.394 e. The summed E-state index contributed by atoms with van der Waals surface area (Å²) in [6.45, 7) is 3.05. The molecule has 0 aliphatic heterocycles. The molecule has 0 spiro atoms. The quantitative estimate of drug-likeness (QED) is 0.858. The fourth-order valence-corrected chi connectivity index (χ4v) is 2.76. The lowest BCUT2D eigenvalue weighted by atomic mass is 10.2. The molecule has 1 heterocycles. The van der Waals surface area contributed by atoms with E-state index in [4.69, 9.17) is 5.11 Å². The van der Waals surface area contributed by atoms with Crippen molar-refractivity contribution in [2.24, 2.45) is 0 Å². The molecule has 68 valence electrons. The topological polar surface area (TPSA) is 32.3 Å². The number of nitrogens with one attached hydrogen (secondary N) is 1. The Labute approximate surface area is 84.7 Å². The lowest BCUT2D eigenvalue weighted by molar-refractivity contribution is 0.248. The molecule has 1 rings (SSSR count). The van der Waals surface area contributed by atoms with Gasteiger partial charge in [0.2, 0.25) is 0 Å².